The van der Waals surface area contributed by atoms with Crippen molar-refractivity contribution in [2.45, 2.75) is 58.9 Å². The largest absolute Gasteiger partial charge is 0.311 e. The maximum atomic E-state index is 2.67. The van der Waals surface area contributed by atoms with E-state index in [-0.39, 0.29) is 17.5 Å². The van der Waals surface area contributed by atoms with Crippen molar-refractivity contribution in [2.24, 2.45) is 0 Å². The van der Waals surface area contributed by atoms with Crippen molar-refractivity contribution in [3.63, 3.8) is 0 Å². The van der Waals surface area contributed by atoms with Crippen LogP contribution in [-0.4, -0.2) is 14.8 Å². The molecule has 0 saturated heterocycles. The molecule has 74 heavy (non-hydrogen) atoms. The van der Waals surface area contributed by atoms with Crippen LogP contribution in [0.3, 0.4) is 0 Å². The Hall–Kier alpha value is -8.12. The van der Waals surface area contributed by atoms with E-state index in [1.165, 1.54) is 99.5 Å². The summed E-state index contributed by atoms with van der Waals surface area (Å²) in [6.07, 6.45) is 0. The van der Waals surface area contributed by atoms with E-state index in [4.69, 9.17) is 0 Å². The maximum absolute atomic E-state index is 2.70. The van der Waals surface area contributed by atoms with Gasteiger partial charge in [0.25, 0.3) is 6.71 Å². The third kappa shape index (κ3) is 7.16. The van der Waals surface area contributed by atoms with E-state index < -0.39 is 8.07 Å². The number of benzene rings is 10. The normalized spacial score (nSPS) is 13.9. The van der Waals surface area contributed by atoms with Gasteiger partial charge in [-0.25, -0.2) is 0 Å². The van der Waals surface area contributed by atoms with Crippen LogP contribution in [0.4, 0.5) is 51.2 Å². The van der Waals surface area contributed by atoms with Gasteiger partial charge in [-0.2, -0.15) is 0 Å². The molecule has 0 unspecified atom stereocenters. The Bertz CT molecular complexity index is 3550. The molecule has 0 radical (unpaired) electrons. The van der Waals surface area contributed by atoms with E-state index in [2.05, 4.69) is 299 Å². The van der Waals surface area contributed by atoms with Crippen LogP contribution >= 0.6 is 0 Å². The Morgan fingerprint density at radius 2 is 0.743 bits per heavy atom. The average Bonchev–Trinajstić information content (AvgIpc) is 3.43. The number of anilines is 9. The standard InChI is InChI=1S/C69H60BN3Si/c1-68(2,3)49-39-41-57(55(43-49)47-25-13-8-14-26-47)72-59-35-23-37-63-66(59)70-65-61(72)45-53(71(51-29-17-10-18-30-51)52-31-19-11-20-32-52)46-62(65)73(58-42-40-50(69(4,5)6)44-56(58)48-27-15-9-16-28-48)60-36-24-38-64(67(60)70)74(63,7)54-33-21-12-22-34-54/h8-46H,1-7H3. The lowest BCUT2D eigenvalue weighted by Crippen LogP contribution is -2.83. The predicted octanol–water partition coefficient (Wildman–Crippen LogP) is 14.6. The van der Waals surface area contributed by atoms with Crippen molar-refractivity contribution in [3.8, 4) is 22.3 Å². The fraction of sp³-hybridized carbons (Fsp3) is 0.130. The average molecular weight is 970 g/mol. The number of hydrogen-bond donors (Lipinski definition) is 0. The van der Waals surface area contributed by atoms with E-state index in [0.29, 0.717) is 0 Å². The van der Waals surface area contributed by atoms with Crippen LogP contribution < -0.4 is 46.6 Å². The molecule has 5 heteroatoms. The minimum absolute atomic E-state index is 0.0202. The van der Waals surface area contributed by atoms with Gasteiger partial charge in [-0.3, -0.25) is 0 Å². The van der Waals surface area contributed by atoms with Gasteiger partial charge in [0, 0.05) is 45.3 Å². The summed E-state index contributed by atoms with van der Waals surface area (Å²) in [7, 11) is -2.70. The Labute approximate surface area is 439 Å². The molecule has 10 aromatic rings. The first kappa shape index (κ1) is 45.7. The number of hydrogen-bond acceptors (Lipinski definition) is 3. The second kappa shape index (κ2) is 17.3. The Morgan fingerprint density at radius 3 is 1.15 bits per heavy atom. The van der Waals surface area contributed by atoms with Gasteiger partial charge in [-0.05, 0) is 127 Å². The minimum Gasteiger partial charge on any atom is -0.311 e. The fourth-order valence-electron chi connectivity index (χ4n) is 12.5. The molecule has 0 N–H and O–H groups in total. The first-order chi connectivity index (χ1) is 35.9. The molecular weight excluding hydrogens is 910 g/mol. The molecule has 358 valence electrons. The summed E-state index contributed by atoms with van der Waals surface area (Å²) < 4.78 is 0. The van der Waals surface area contributed by atoms with Gasteiger partial charge in [0.15, 0.2) is 0 Å². The Morgan fingerprint density at radius 1 is 0.351 bits per heavy atom. The van der Waals surface area contributed by atoms with E-state index in [9.17, 15) is 0 Å². The number of para-hydroxylation sites is 2. The molecule has 0 bridgehead atoms. The van der Waals surface area contributed by atoms with Crippen molar-refractivity contribution in [3.05, 3.63) is 248 Å². The predicted molar refractivity (Wildman–Crippen MR) is 320 cm³/mol. The zero-order valence-corrected chi connectivity index (χ0v) is 44.4. The van der Waals surface area contributed by atoms with Crippen molar-refractivity contribution in [2.75, 3.05) is 14.7 Å². The van der Waals surface area contributed by atoms with Gasteiger partial charge in [0.2, 0.25) is 0 Å². The zero-order valence-electron chi connectivity index (χ0n) is 43.4. The van der Waals surface area contributed by atoms with Crippen LogP contribution in [0.25, 0.3) is 22.3 Å². The zero-order chi connectivity index (χ0) is 50.5. The molecular formula is C69H60BN3Si. The minimum atomic E-state index is -2.70. The molecule has 10 aromatic carbocycles. The lowest BCUT2D eigenvalue weighted by molar-refractivity contribution is 0.590. The quantitative estimate of drug-likeness (QED) is 0.141. The molecule has 3 nitrogen and oxygen atoms in total. The van der Waals surface area contributed by atoms with Crippen LogP contribution in [0, 0.1) is 0 Å². The van der Waals surface area contributed by atoms with Crippen molar-refractivity contribution < 1.29 is 0 Å². The van der Waals surface area contributed by atoms with Crippen molar-refractivity contribution in [1.82, 2.24) is 0 Å². The van der Waals surface area contributed by atoms with Crippen LogP contribution in [0.2, 0.25) is 6.55 Å². The second-order valence-corrected chi connectivity index (χ2v) is 26.6. The van der Waals surface area contributed by atoms with E-state index in [0.717, 1.165) is 17.1 Å². The molecule has 0 spiro atoms. The third-order valence-corrected chi connectivity index (χ3v) is 20.7. The first-order valence-electron chi connectivity index (χ1n) is 26.3. The number of nitrogens with zero attached hydrogens (tertiary/aromatic N) is 3. The highest BCUT2D eigenvalue weighted by molar-refractivity contribution is 7.21. The van der Waals surface area contributed by atoms with Gasteiger partial charge in [0.1, 0.15) is 8.07 Å². The number of rotatable bonds is 8. The van der Waals surface area contributed by atoms with Crippen molar-refractivity contribution >= 4 is 97.9 Å². The summed E-state index contributed by atoms with van der Waals surface area (Å²) in [6.45, 7) is 16.6. The van der Waals surface area contributed by atoms with Crippen LogP contribution in [-0.2, 0) is 10.8 Å². The third-order valence-electron chi connectivity index (χ3n) is 16.2. The van der Waals surface area contributed by atoms with E-state index in [1.54, 1.807) is 0 Å². The molecule has 0 saturated carbocycles. The van der Waals surface area contributed by atoms with Gasteiger partial charge in [-0.15, -0.1) is 0 Å². The summed E-state index contributed by atoms with van der Waals surface area (Å²) in [5, 5.41) is 4.39. The molecule has 0 fully saturated rings. The van der Waals surface area contributed by atoms with Crippen molar-refractivity contribution in [1.29, 1.82) is 0 Å². The fourth-order valence-corrected chi connectivity index (χ4v) is 16.8. The highest BCUT2D eigenvalue weighted by Gasteiger charge is 2.54. The molecule has 3 aliphatic rings. The van der Waals surface area contributed by atoms with Gasteiger partial charge >= 0.3 is 0 Å². The van der Waals surface area contributed by atoms with Gasteiger partial charge in [0.05, 0.1) is 17.1 Å². The monoisotopic (exact) mass is 969 g/mol. The second-order valence-electron chi connectivity index (χ2n) is 22.7. The Balaban J connectivity index is 1.22. The topological polar surface area (TPSA) is 9.72 Å². The van der Waals surface area contributed by atoms with Gasteiger partial charge < -0.3 is 14.7 Å². The molecule has 0 aromatic heterocycles. The summed E-state index contributed by atoms with van der Waals surface area (Å²) >= 11 is 0. The highest BCUT2D eigenvalue weighted by Crippen LogP contribution is 2.52. The highest BCUT2D eigenvalue weighted by atomic mass is 28.3. The first-order valence-corrected chi connectivity index (χ1v) is 28.8. The lowest BCUT2D eigenvalue weighted by atomic mass is 9.33. The molecule has 3 aliphatic heterocycles. The van der Waals surface area contributed by atoms with Crippen LogP contribution in [0.1, 0.15) is 52.7 Å². The van der Waals surface area contributed by atoms with Crippen LogP contribution in [0.15, 0.2) is 237 Å². The summed E-state index contributed by atoms with van der Waals surface area (Å²) in [4.78, 5) is 7.78. The summed E-state index contributed by atoms with van der Waals surface area (Å²) in [5.74, 6) is 0. The SMILES string of the molecule is CC(C)(C)c1ccc(N2c3cc(N(c4ccccc4)c4ccccc4)cc4c3B3c5c2cccc5[Si](C)(c2ccccc2)c2cccc(c23)N4c2ccc(C(C)(C)C)cc2-c2ccccc2)c(-c2ccccc2)c1. The van der Waals surface area contributed by atoms with E-state index in [1.807, 2.05) is 0 Å². The summed E-state index contributed by atoms with van der Waals surface area (Å²) in [5.41, 5.74) is 22.0. The van der Waals surface area contributed by atoms with Crippen LogP contribution in [0.5, 0.6) is 0 Å². The molecule has 13 rings (SSSR count). The smallest absolute Gasteiger partial charge is 0.251 e. The molecule has 3 heterocycles. The maximum Gasteiger partial charge on any atom is 0.251 e. The molecule has 0 amide bonds. The summed E-state index contributed by atoms with van der Waals surface area (Å²) in [6, 6.07) is 89.5. The van der Waals surface area contributed by atoms with E-state index >= 15 is 0 Å². The Kier molecular flexibility index (Phi) is 10.7. The lowest BCUT2D eigenvalue weighted by Gasteiger charge is -2.51. The van der Waals surface area contributed by atoms with Gasteiger partial charge in [-0.1, -0.05) is 222 Å². The molecule has 0 atom stereocenters. The molecule has 0 aliphatic carbocycles.